The molecular weight excluding hydrogens is 173 g/mol. The molecule has 1 atom stereocenters. The minimum Gasteiger partial charge on any atom is -0.396 e. The van der Waals surface area contributed by atoms with Crippen molar-refractivity contribution in [3.05, 3.63) is 0 Å². The van der Waals surface area contributed by atoms with Crippen molar-refractivity contribution in [2.24, 2.45) is 0 Å². The number of ether oxygens (including phenoxy) is 1. The van der Waals surface area contributed by atoms with Crippen molar-refractivity contribution in [3.63, 3.8) is 0 Å². The Hall–Kier alpha value is -0.290. The number of unbranched alkanes of at least 4 members (excludes halogenated alkanes) is 1. The van der Waals surface area contributed by atoms with Crippen molar-refractivity contribution < 1.29 is 23.0 Å². The summed E-state index contributed by atoms with van der Waals surface area (Å²) < 4.78 is 39.8. The highest BCUT2D eigenvalue weighted by Gasteiger charge is 2.36. The van der Waals surface area contributed by atoms with E-state index in [1.165, 1.54) is 0 Å². The highest BCUT2D eigenvalue weighted by atomic mass is 19.4. The Morgan fingerprint density at radius 3 is 2.33 bits per heavy atom. The first kappa shape index (κ1) is 11.7. The van der Waals surface area contributed by atoms with Gasteiger partial charge in [0.05, 0.1) is 0 Å². The Morgan fingerprint density at radius 1 is 1.33 bits per heavy atom. The number of hydrogen-bond acceptors (Lipinski definition) is 2. The minimum absolute atomic E-state index is 0.0102. The molecule has 0 rings (SSSR count). The van der Waals surface area contributed by atoms with Crippen molar-refractivity contribution in [2.75, 3.05) is 13.2 Å². The maximum Gasteiger partial charge on any atom is 0.414 e. The Kier molecular flexibility index (Phi) is 5.24. The van der Waals surface area contributed by atoms with Crippen LogP contribution >= 0.6 is 0 Å². The van der Waals surface area contributed by atoms with Crippen LogP contribution in [0.15, 0.2) is 0 Å². The summed E-state index contributed by atoms with van der Waals surface area (Å²) in [5.41, 5.74) is 0. The van der Waals surface area contributed by atoms with Crippen LogP contribution in [0.5, 0.6) is 0 Å². The van der Waals surface area contributed by atoms with Gasteiger partial charge in [-0.05, 0) is 19.8 Å². The fourth-order valence-corrected chi connectivity index (χ4v) is 0.568. The third-order valence-corrected chi connectivity index (χ3v) is 1.38. The lowest BCUT2D eigenvalue weighted by Crippen LogP contribution is -2.28. The number of aliphatic hydroxyl groups excluding tert-OH is 1. The highest BCUT2D eigenvalue weighted by molar-refractivity contribution is 4.60. The zero-order valence-corrected chi connectivity index (χ0v) is 6.90. The lowest BCUT2D eigenvalue weighted by atomic mass is 10.3. The third-order valence-electron chi connectivity index (χ3n) is 1.38. The number of aliphatic hydroxyl groups is 1. The van der Waals surface area contributed by atoms with Gasteiger partial charge in [0.2, 0.25) is 0 Å². The monoisotopic (exact) mass is 186 g/mol. The van der Waals surface area contributed by atoms with Crippen molar-refractivity contribution in [1.29, 1.82) is 0 Å². The summed E-state index contributed by atoms with van der Waals surface area (Å²) in [5.74, 6) is 0. The predicted octanol–water partition coefficient (Wildman–Crippen LogP) is 1.73. The summed E-state index contributed by atoms with van der Waals surface area (Å²) in [6.07, 6.45) is -5.06. The largest absolute Gasteiger partial charge is 0.414 e. The minimum atomic E-state index is -4.28. The second-order valence-electron chi connectivity index (χ2n) is 2.49. The van der Waals surface area contributed by atoms with Gasteiger partial charge in [-0.3, -0.25) is 0 Å². The molecule has 0 radical (unpaired) electrons. The van der Waals surface area contributed by atoms with E-state index < -0.39 is 12.3 Å². The molecule has 0 aliphatic heterocycles. The van der Waals surface area contributed by atoms with Gasteiger partial charge in [0.15, 0.2) is 6.10 Å². The van der Waals surface area contributed by atoms with Gasteiger partial charge in [-0.2, -0.15) is 13.2 Å². The normalized spacial score (nSPS) is 14.8. The SMILES string of the molecule is CC(OCCCCO)C(F)(F)F. The van der Waals surface area contributed by atoms with Crippen LogP contribution < -0.4 is 0 Å². The van der Waals surface area contributed by atoms with E-state index in [-0.39, 0.29) is 13.2 Å². The Morgan fingerprint density at radius 2 is 1.92 bits per heavy atom. The molecule has 0 aromatic heterocycles. The quantitative estimate of drug-likeness (QED) is 0.662. The molecule has 0 aliphatic carbocycles. The topological polar surface area (TPSA) is 29.5 Å². The zero-order valence-electron chi connectivity index (χ0n) is 6.90. The Bertz CT molecular complexity index is 114. The summed E-state index contributed by atoms with van der Waals surface area (Å²) >= 11 is 0. The molecule has 74 valence electrons. The van der Waals surface area contributed by atoms with E-state index in [4.69, 9.17) is 5.11 Å². The molecule has 0 heterocycles. The van der Waals surface area contributed by atoms with Gasteiger partial charge in [0, 0.05) is 13.2 Å². The number of rotatable bonds is 5. The van der Waals surface area contributed by atoms with Crippen LogP contribution in [0.3, 0.4) is 0 Å². The van der Waals surface area contributed by atoms with E-state index >= 15 is 0 Å². The Balaban J connectivity index is 3.38. The standard InChI is InChI=1S/C7H13F3O2/c1-6(7(8,9)10)12-5-3-2-4-11/h6,11H,2-5H2,1H3. The number of halogens is 3. The van der Waals surface area contributed by atoms with Gasteiger partial charge >= 0.3 is 6.18 Å². The van der Waals surface area contributed by atoms with Crippen molar-refractivity contribution in [3.8, 4) is 0 Å². The summed E-state index contributed by atoms with van der Waals surface area (Å²) in [5, 5.41) is 8.31. The average Bonchev–Trinajstić information content (AvgIpc) is 1.96. The average molecular weight is 186 g/mol. The smallest absolute Gasteiger partial charge is 0.396 e. The van der Waals surface area contributed by atoms with E-state index in [0.29, 0.717) is 12.8 Å². The Labute approximate surface area is 69.3 Å². The molecule has 0 aromatic carbocycles. The van der Waals surface area contributed by atoms with E-state index in [1.807, 2.05) is 0 Å². The number of alkyl halides is 3. The maximum atomic E-state index is 11.8. The van der Waals surface area contributed by atoms with E-state index in [0.717, 1.165) is 6.92 Å². The molecule has 0 amide bonds. The van der Waals surface area contributed by atoms with Gasteiger partial charge < -0.3 is 9.84 Å². The molecule has 0 saturated carbocycles. The van der Waals surface area contributed by atoms with Crippen LogP contribution in [0, 0.1) is 0 Å². The van der Waals surface area contributed by atoms with Crippen molar-refractivity contribution in [2.45, 2.75) is 32.0 Å². The molecule has 0 spiro atoms. The zero-order chi connectivity index (χ0) is 9.61. The van der Waals surface area contributed by atoms with Crippen LogP contribution in [0.1, 0.15) is 19.8 Å². The lowest BCUT2D eigenvalue weighted by molar-refractivity contribution is -0.214. The van der Waals surface area contributed by atoms with Crippen molar-refractivity contribution >= 4 is 0 Å². The molecule has 0 fully saturated rings. The summed E-state index contributed by atoms with van der Waals surface area (Å²) in [7, 11) is 0. The van der Waals surface area contributed by atoms with E-state index in [9.17, 15) is 13.2 Å². The molecule has 2 nitrogen and oxygen atoms in total. The molecular formula is C7H13F3O2. The number of hydrogen-bond donors (Lipinski definition) is 1. The van der Waals surface area contributed by atoms with Crippen LogP contribution in [-0.4, -0.2) is 30.6 Å². The lowest BCUT2D eigenvalue weighted by Gasteiger charge is -2.15. The van der Waals surface area contributed by atoms with Crippen LogP contribution in [-0.2, 0) is 4.74 Å². The summed E-state index contributed by atoms with van der Waals surface area (Å²) in [6, 6.07) is 0. The molecule has 0 aromatic rings. The molecule has 0 saturated heterocycles. The first-order valence-electron chi connectivity index (χ1n) is 3.77. The summed E-state index contributed by atoms with van der Waals surface area (Å²) in [6.45, 7) is 1.00. The first-order valence-corrected chi connectivity index (χ1v) is 3.77. The van der Waals surface area contributed by atoms with Gasteiger partial charge in [-0.1, -0.05) is 0 Å². The predicted molar refractivity (Wildman–Crippen MR) is 37.8 cm³/mol. The molecule has 1 unspecified atom stereocenters. The van der Waals surface area contributed by atoms with E-state index in [1.54, 1.807) is 0 Å². The second-order valence-corrected chi connectivity index (χ2v) is 2.49. The highest BCUT2D eigenvalue weighted by Crippen LogP contribution is 2.22. The second kappa shape index (κ2) is 5.37. The molecule has 0 bridgehead atoms. The molecule has 0 aliphatic rings. The fraction of sp³-hybridized carbons (Fsp3) is 1.00. The van der Waals surface area contributed by atoms with Crippen molar-refractivity contribution in [1.82, 2.24) is 0 Å². The maximum absolute atomic E-state index is 11.8. The van der Waals surface area contributed by atoms with Gasteiger partial charge in [0.25, 0.3) is 0 Å². The van der Waals surface area contributed by atoms with Crippen LogP contribution in [0.4, 0.5) is 13.2 Å². The van der Waals surface area contributed by atoms with Crippen LogP contribution in [0.25, 0.3) is 0 Å². The van der Waals surface area contributed by atoms with Gasteiger partial charge in [-0.15, -0.1) is 0 Å². The molecule has 12 heavy (non-hydrogen) atoms. The first-order chi connectivity index (χ1) is 5.48. The molecule has 1 N–H and O–H groups in total. The van der Waals surface area contributed by atoms with Crippen LogP contribution in [0.2, 0.25) is 0 Å². The van der Waals surface area contributed by atoms with Gasteiger partial charge in [-0.25, -0.2) is 0 Å². The third kappa shape index (κ3) is 5.37. The fourth-order valence-electron chi connectivity index (χ4n) is 0.568. The van der Waals surface area contributed by atoms with Gasteiger partial charge in [0.1, 0.15) is 0 Å². The molecule has 5 heteroatoms. The summed E-state index contributed by atoms with van der Waals surface area (Å²) in [4.78, 5) is 0. The van der Waals surface area contributed by atoms with E-state index in [2.05, 4.69) is 4.74 Å².